The minimum Gasteiger partial charge on any atom is -0.460 e. The van der Waals surface area contributed by atoms with Crippen LogP contribution in [-0.4, -0.2) is 43.0 Å². The van der Waals surface area contributed by atoms with Crippen LogP contribution in [0.25, 0.3) is 11.3 Å². The molecule has 3 rings (SSSR count). The second kappa shape index (κ2) is 9.55. The summed E-state index contributed by atoms with van der Waals surface area (Å²) in [5, 5.41) is 6.53. The summed E-state index contributed by atoms with van der Waals surface area (Å²) in [6.07, 6.45) is 3.11. The third-order valence-corrected chi connectivity index (χ3v) is 4.81. The molecule has 0 unspecified atom stereocenters. The Hall–Kier alpha value is -2.11. The molecule has 0 radical (unpaired) electrons. The Labute approximate surface area is 155 Å². The van der Waals surface area contributed by atoms with Crippen LogP contribution in [0.5, 0.6) is 0 Å². The van der Waals surface area contributed by atoms with E-state index < -0.39 is 0 Å². The average Bonchev–Trinajstić information content (AvgIpc) is 3.16. The Morgan fingerprint density at radius 1 is 1.15 bits per heavy atom. The van der Waals surface area contributed by atoms with Gasteiger partial charge >= 0.3 is 0 Å². The van der Waals surface area contributed by atoms with Gasteiger partial charge in [-0.05, 0) is 31.4 Å². The third kappa shape index (κ3) is 5.44. The van der Waals surface area contributed by atoms with Gasteiger partial charge in [0.1, 0.15) is 11.5 Å². The van der Waals surface area contributed by atoms with Crippen LogP contribution in [0, 0.1) is 0 Å². The highest BCUT2D eigenvalue weighted by atomic mass is 16.3. The second-order valence-corrected chi connectivity index (χ2v) is 6.91. The van der Waals surface area contributed by atoms with Crippen molar-refractivity contribution in [2.75, 3.05) is 26.2 Å². The van der Waals surface area contributed by atoms with Crippen LogP contribution in [0.2, 0.25) is 0 Å². The lowest BCUT2D eigenvalue weighted by Crippen LogP contribution is -2.46. The number of nitrogens with zero attached hydrogens (tertiary/aromatic N) is 1. The zero-order chi connectivity index (χ0) is 18.2. The molecule has 2 aromatic rings. The van der Waals surface area contributed by atoms with Crippen molar-refractivity contribution in [3.05, 3.63) is 48.2 Å². The van der Waals surface area contributed by atoms with Gasteiger partial charge in [-0.15, -0.1) is 0 Å². The normalized spacial score (nSPS) is 15.9. The third-order valence-electron chi connectivity index (χ3n) is 4.81. The van der Waals surface area contributed by atoms with E-state index in [1.807, 2.05) is 30.3 Å². The number of carbonyl (C=O) groups excluding carboxylic acids is 1. The van der Waals surface area contributed by atoms with E-state index in [1.165, 1.54) is 0 Å². The number of furan rings is 1. The van der Waals surface area contributed by atoms with Gasteiger partial charge in [0.2, 0.25) is 5.91 Å². The number of amides is 1. The van der Waals surface area contributed by atoms with Crippen LogP contribution in [0.1, 0.15) is 31.9 Å². The molecule has 1 amide bonds. The molecule has 26 heavy (non-hydrogen) atoms. The van der Waals surface area contributed by atoms with E-state index >= 15 is 0 Å². The Morgan fingerprint density at radius 3 is 2.65 bits per heavy atom. The van der Waals surface area contributed by atoms with Crippen molar-refractivity contribution in [2.24, 2.45) is 0 Å². The molecule has 0 bridgehead atoms. The van der Waals surface area contributed by atoms with Crippen LogP contribution in [-0.2, 0) is 11.3 Å². The van der Waals surface area contributed by atoms with Gasteiger partial charge in [-0.2, -0.15) is 0 Å². The highest BCUT2D eigenvalue weighted by Crippen LogP contribution is 2.22. The average molecular weight is 355 g/mol. The number of likely N-dealkylation sites (tertiary alicyclic amines) is 1. The minimum absolute atomic E-state index is 0.141. The molecule has 2 N–H and O–H groups in total. The molecular formula is C21H29N3O2. The summed E-state index contributed by atoms with van der Waals surface area (Å²) >= 11 is 0. The van der Waals surface area contributed by atoms with Crippen LogP contribution in [0.4, 0.5) is 0 Å². The Bertz CT molecular complexity index is 676. The van der Waals surface area contributed by atoms with E-state index in [0.717, 1.165) is 62.5 Å². The van der Waals surface area contributed by atoms with Crippen molar-refractivity contribution in [3.8, 4) is 11.3 Å². The van der Waals surface area contributed by atoms with Crippen LogP contribution >= 0.6 is 0 Å². The monoisotopic (exact) mass is 355 g/mol. The van der Waals surface area contributed by atoms with Gasteiger partial charge in [0.05, 0.1) is 13.1 Å². The van der Waals surface area contributed by atoms with E-state index in [2.05, 4.69) is 34.6 Å². The van der Waals surface area contributed by atoms with Crippen molar-refractivity contribution >= 4 is 5.91 Å². The first-order valence-electron chi connectivity index (χ1n) is 9.61. The van der Waals surface area contributed by atoms with Gasteiger partial charge in [0, 0.05) is 31.2 Å². The molecule has 1 aliphatic heterocycles. The smallest absolute Gasteiger partial charge is 0.234 e. The maximum Gasteiger partial charge on any atom is 0.234 e. The van der Waals surface area contributed by atoms with Gasteiger partial charge in [-0.3, -0.25) is 9.69 Å². The molecule has 1 aromatic carbocycles. The Balaban J connectivity index is 1.39. The number of hydrogen-bond donors (Lipinski definition) is 2. The van der Waals surface area contributed by atoms with Gasteiger partial charge < -0.3 is 15.1 Å². The Kier molecular flexibility index (Phi) is 6.86. The minimum atomic E-state index is 0.141. The first-order chi connectivity index (χ1) is 12.7. The quantitative estimate of drug-likeness (QED) is 0.764. The van der Waals surface area contributed by atoms with E-state index in [0.29, 0.717) is 12.6 Å². The van der Waals surface area contributed by atoms with Crippen LogP contribution in [0.3, 0.4) is 0 Å². The fourth-order valence-electron chi connectivity index (χ4n) is 3.29. The lowest BCUT2D eigenvalue weighted by Gasteiger charge is -2.31. The summed E-state index contributed by atoms with van der Waals surface area (Å²) in [5.74, 6) is 2.02. The SMILES string of the molecule is CCCNC(=O)CN1CCC(NCc2ccc(-c3ccccc3)o2)CC1. The molecule has 1 saturated heterocycles. The summed E-state index contributed by atoms with van der Waals surface area (Å²) in [6, 6.07) is 14.7. The van der Waals surface area contributed by atoms with Crippen molar-refractivity contribution in [2.45, 2.75) is 38.8 Å². The summed E-state index contributed by atoms with van der Waals surface area (Å²) < 4.78 is 5.95. The molecule has 0 saturated carbocycles. The number of benzene rings is 1. The standard InChI is InChI=1S/C21H29N3O2/c1-2-12-22-21(25)16-24-13-10-18(11-14-24)23-15-19-8-9-20(26-19)17-6-4-3-5-7-17/h3-9,18,23H,2,10-16H2,1H3,(H,22,25). The molecule has 5 nitrogen and oxygen atoms in total. The van der Waals surface area contributed by atoms with Gasteiger partial charge in [-0.25, -0.2) is 0 Å². The molecule has 1 aliphatic rings. The maximum atomic E-state index is 11.8. The highest BCUT2D eigenvalue weighted by Gasteiger charge is 2.20. The van der Waals surface area contributed by atoms with Crippen molar-refractivity contribution in [1.29, 1.82) is 0 Å². The van der Waals surface area contributed by atoms with Gasteiger partial charge in [-0.1, -0.05) is 37.3 Å². The first kappa shape index (κ1) is 18.7. The highest BCUT2D eigenvalue weighted by molar-refractivity contribution is 5.77. The lowest BCUT2D eigenvalue weighted by atomic mass is 10.0. The lowest BCUT2D eigenvalue weighted by molar-refractivity contribution is -0.122. The summed E-state index contributed by atoms with van der Waals surface area (Å²) in [4.78, 5) is 14.0. The van der Waals surface area contributed by atoms with Crippen molar-refractivity contribution in [3.63, 3.8) is 0 Å². The number of nitrogens with one attached hydrogen (secondary N) is 2. The molecular weight excluding hydrogens is 326 g/mol. The molecule has 0 atom stereocenters. The molecule has 2 heterocycles. The summed E-state index contributed by atoms with van der Waals surface area (Å²) in [5.41, 5.74) is 1.11. The predicted octanol–water partition coefficient (Wildman–Crippen LogP) is 3.03. The fraction of sp³-hybridized carbons (Fsp3) is 0.476. The molecule has 0 aliphatic carbocycles. The topological polar surface area (TPSA) is 57.5 Å². The second-order valence-electron chi connectivity index (χ2n) is 6.91. The van der Waals surface area contributed by atoms with Crippen molar-refractivity contribution < 1.29 is 9.21 Å². The van der Waals surface area contributed by atoms with Gasteiger partial charge in [0.15, 0.2) is 0 Å². The van der Waals surface area contributed by atoms with Crippen molar-refractivity contribution in [1.82, 2.24) is 15.5 Å². The van der Waals surface area contributed by atoms with E-state index in [1.54, 1.807) is 0 Å². The molecule has 1 aromatic heterocycles. The number of hydrogen-bond acceptors (Lipinski definition) is 4. The molecule has 0 spiro atoms. The number of rotatable bonds is 8. The predicted molar refractivity (Wildman–Crippen MR) is 104 cm³/mol. The van der Waals surface area contributed by atoms with E-state index in [9.17, 15) is 4.79 Å². The van der Waals surface area contributed by atoms with E-state index in [-0.39, 0.29) is 5.91 Å². The molecule has 1 fully saturated rings. The van der Waals surface area contributed by atoms with E-state index in [4.69, 9.17) is 4.42 Å². The first-order valence-corrected chi connectivity index (χ1v) is 9.61. The zero-order valence-corrected chi connectivity index (χ0v) is 15.5. The van der Waals surface area contributed by atoms with Gasteiger partial charge in [0.25, 0.3) is 0 Å². The summed E-state index contributed by atoms with van der Waals surface area (Å²) in [7, 11) is 0. The number of piperidine rings is 1. The largest absolute Gasteiger partial charge is 0.460 e. The van der Waals surface area contributed by atoms with Crippen LogP contribution < -0.4 is 10.6 Å². The molecule has 5 heteroatoms. The fourth-order valence-corrected chi connectivity index (χ4v) is 3.29. The van der Waals surface area contributed by atoms with Crippen LogP contribution in [0.15, 0.2) is 46.9 Å². The number of carbonyl (C=O) groups is 1. The maximum absolute atomic E-state index is 11.8. The summed E-state index contributed by atoms with van der Waals surface area (Å²) in [6.45, 7) is 6.03. The molecule has 140 valence electrons. The Morgan fingerprint density at radius 2 is 1.92 bits per heavy atom. The zero-order valence-electron chi connectivity index (χ0n) is 15.5.